The zero-order valence-corrected chi connectivity index (χ0v) is 19.1. The van der Waals surface area contributed by atoms with Crippen LogP contribution in [0.2, 0.25) is 0 Å². The fourth-order valence-corrected chi connectivity index (χ4v) is 3.98. The summed E-state index contributed by atoms with van der Waals surface area (Å²) in [6.45, 7) is 7.08. The van der Waals surface area contributed by atoms with Crippen LogP contribution in [0.1, 0.15) is 21.7 Å². The summed E-state index contributed by atoms with van der Waals surface area (Å²) >= 11 is 0. The predicted octanol–water partition coefficient (Wildman–Crippen LogP) is 5.91. The molecule has 0 bridgehead atoms. The molecule has 0 amide bonds. The average Bonchev–Trinajstić information content (AvgIpc) is 3.52. The Labute approximate surface area is 208 Å². The molecule has 37 heavy (non-hydrogen) atoms. The van der Waals surface area contributed by atoms with Gasteiger partial charge < -0.3 is 10.7 Å². The molecule has 8 nitrogen and oxygen atoms in total. The molecule has 3 heterocycles. The average molecular weight is 501 g/mol. The Kier molecular flexibility index (Phi) is 5.67. The summed E-state index contributed by atoms with van der Waals surface area (Å²) in [6, 6.07) is 14.2. The Balaban J connectivity index is 1.51. The number of benzene rings is 2. The van der Waals surface area contributed by atoms with Gasteiger partial charge in [-0.1, -0.05) is 12.1 Å². The normalized spacial score (nSPS) is 11.5. The first-order valence-corrected chi connectivity index (χ1v) is 10.8. The topological polar surface area (TPSA) is 114 Å². The molecule has 0 aliphatic carbocycles. The fraction of sp³-hybridized carbons (Fsp3) is 0.0385. The molecule has 184 valence electrons. The van der Waals surface area contributed by atoms with E-state index in [1.165, 1.54) is 16.9 Å². The quantitative estimate of drug-likeness (QED) is 0.171. The maximum atomic E-state index is 13.4. The van der Waals surface area contributed by atoms with Gasteiger partial charge in [-0.05, 0) is 67.0 Å². The number of aromatic amines is 1. The van der Waals surface area contributed by atoms with Gasteiger partial charge in [-0.25, -0.2) is 9.67 Å². The van der Waals surface area contributed by atoms with Crippen molar-refractivity contribution in [3.05, 3.63) is 83.9 Å². The summed E-state index contributed by atoms with van der Waals surface area (Å²) in [5.41, 5.74) is 8.29. The lowest BCUT2D eigenvalue weighted by atomic mass is 10.0. The highest BCUT2D eigenvalue weighted by atomic mass is 19.4. The number of H-pyrrole nitrogens is 1. The molecule has 11 heteroatoms. The van der Waals surface area contributed by atoms with Crippen LogP contribution in [-0.2, 0) is 6.18 Å². The number of nitrogens with two attached hydrogens (primary N) is 1. The monoisotopic (exact) mass is 501 g/mol. The highest BCUT2D eigenvalue weighted by Gasteiger charge is 2.32. The van der Waals surface area contributed by atoms with E-state index in [1.807, 2.05) is 0 Å². The van der Waals surface area contributed by atoms with Crippen LogP contribution in [0.3, 0.4) is 0 Å². The number of nitrogens with zero attached hydrogens (tertiary/aromatic N) is 5. The van der Waals surface area contributed by atoms with E-state index in [4.69, 9.17) is 5.73 Å². The van der Waals surface area contributed by atoms with E-state index in [1.54, 1.807) is 42.5 Å². The van der Waals surface area contributed by atoms with Crippen molar-refractivity contribution >= 4 is 47.3 Å². The van der Waals surface area contributed by atoms with E-state index in [0.29, 0.717) is 39.1 Å². The molecule has 0 atom stereocenters. The molecule has 0 aliphatic rings. The van der Waals surface area contributed by atoms with Crippen LogP contribution in [0, 0.1) is 0 Å². The van der Waals surface area contributed by atoms with Crippen molar-refractivity contribution < 1.29 is 18.0 Å². The molecule has 5 aromatic rings. The van der Waals surface area contributed by atoms with Crippen LogP contribution in [0.5, 0.6) is 0 Å². The van der Waals surface area contributed by atoms with Crippen molar-refractivity contribution in [3.8, 4) is 16.8 Å². The standard InChI is InChI=1S/C26H18F3N7O/c1-31-21-12-17(5-6-19(21)30)36-25(32-2)18(13-34-36)24(37)22-10-16-4-3-14(9-20(16)35-22)15-7-8-33-23(11-15)26(27,28)29/h3-13,35H,1-2,30H2. The second kappa shape index (κ2) is 8.86. The summed E-state index contributed by atoms with van der Waals surface area (Å²) in [5.74, 6) is -0.159. The summed E-state index contributed by atoms with van der Waals surface area (Å²) in [5, 5.41) is 5.00. The summed E-state index contributed by atoms with van der Waals surface area (Å²) < 4.78 is 40.7. The number of alkyl halides is 3. The smallest absolute Gasteiger partial charge is 0.397 e. The number of anilines is 1. The summed E-state index contributed by atoms with van der Waals surface area (Å²) in [4.78, 5) is 27.7. The van der Waals surface area contributed by atoms with E-state index in [-0.39, 0.29) is 22.9 Å². The van der Waals surface area contributed by atoms with Gasteiger partial charge in [-0.15, -0.1) is 0 Å². The van der Waals surface area contributed by atoms with Gasteiger partial charge in [0.15, 0.2) is 5.82 Å². The lowest BCUT2D eigenvalue weighted by Gasteiger charge is -2.08. The van der Waals surface area contributed by atoms with Crippen molar-refractivity contribution in [2.24, 2.45) is 9.98 Å². The van der Waals surface area contributed by atoms with E-state index in [2.05, 4.69) is 38.5 Å². The zero-order valence-electron chi connectivity index (χ0n) is 19.1. The van der Waals surface area contributed by atoms with Gasteiger partial charge in [0.05, 0.1) is 34.5 Å². The third kappa shape index (κ3) is 4.27. The number of nitrogen functional groups attached to an aromatic ring is 1. The lowest BCUT2D eigenvalue weighted by Crippen LogP contribution is -2.07. The first-order valence-electron chi connectivity index (χ1n) is 10.8. The molecule has 0 saturated heterocycles. The first-order chi connectivity index (χ1) is 17.7. The van der Waals surface area contributed by atoms with Gasteiger partial charge >= 0.3 is 6.18 Å². The van der Waals surface area contributed by atoms with Crippen molar-refractivity contribution in [3.63, 3.8) is 0 Å². The van der Waals surface area contributed by atoms with Crippen molar-refractivity contribution in [1.29, 1.82) is 0 Å². The number of aromatic nitrogens is 4. The highest BCUT2D eigenvalue weighted by Crippen LogP contribution is 2.33. The number of nitrogens with one attached hydrogen (secondary N) is 1. The number of aliphatic imine (C=N–C) groups is 2. The molecule has 0 aliphatic heterocycles. The molecule has 0 fully saturated rings. The third-order valence-corrected chi connectivity index (χ3v) is 5.82. The van der Waals surface area contributed by atoms with E-state index < -0.39 is 11.9 Å². The van der Waals surface area contributed by atoms with Gasteiger partial charge in [0.1, 0.15) is 5.69 Å². The minimum atomic E-state index is -4.55. The minimum Gasteiger partial charge on any atom is -0.397 e. The third-order valence-electron chi connectivity index (χ3n) is 5.82. The van der Waals surface area contributed by atoms with E-state index in [9.17, 15) is 18.0 Å². The van der Waals surface area contributed by atoms with Gasteiger partial charge in [-0.3, -0.25) is 14.8 Å². The molecule has 3 aromatic heterocycles. The lowest BCUT2D eigenvalue weighted by molar-refractivity contribution is -0.141. The number of rotatable bonds is 6. The largest absolute Gasteiger partial charge is 0.433 e. The second-order valence-corrected chi connectivity index (χ2v) is 8.09. The Morgan fingerprint density at radius 2 is 1.78 bits per heavy atom. The molecule has 3 N–H and O–H groups in total. The Morgan fingerprint density at radius 3 is 2.51 bits per heavy atom. The van der Waals surface area contributed by atoms with Gasteiger partial charge in [0.2, 0.25) is 5.78 Å². The Hall–Kier alpha value is -5.06. The fourth-order valence-electron chi connectivity index (χ4n) is 3.98. The van der Waals surface area contributed by atoms with Crippen molar-refractivity contribution in [2.45, 2.75) is 6.18 Å². The van der Waals surface area contributed by atoms with Crippen LogP contribution >= 0.6 is 0 Å². The van der Waals surface area contributed by atoms with Gasteiger partial charge in [0.25, 0.3) is 0 Å². The Bertz CT molecular complexity index is 1700. The van der Waals surface area contributed by atoms with Crippen LogP contribution < -0.4 is 5.73 Å². The number of hydrogen-bond donors (Lipinski definition) is 2. The minimum absolute atomic E-state index is 0.204. The van der Waals surface area contributed by atoms with E-state index in [0.717, 1.165) is 12.3 Å². The predicted molar refractivity (Wildman–Crippen MR) is 136 cm³/mol. The zero-order chi connectivity index (χ0) is 26.3. The molecule has 0 spiro atoms. The van der Waals surface area contributed by atoms with Crippen LogP contribution in [0.25, 0.3) is 27.7 Å². The molecule has 0 radical (unpaired) electrons. The molecule has 0 unspecified atom stereocenters. The van der Waals surface area contributed by atoms with E-state index >= 15 is 0 Å². The maximum absolute atomic E-state index is 13.4. The van der Waals surface area contributed by atoms with Crippen molar-refractivity contribution in [1.82, 2.24) is 19.7 Å². The number of pyridine rings is 1. The van der Waals surface area contributed by atoms with Crippen LogP contribution in [0.4, 0.5) is 30.4 Å². The first kappa shape index (κ1) is 23.7. The molecule has 2 aromatic carbocycles. The van der Waals surface area contributed by atoms with Crippen LogP contribution in [0.15, 0.2) is 77.0 Å². The Morgan fingerprint density at radius 1 is 1.00 bits per heavy atom. The van der Waals surface area contributed by atoms with Crippen molar-refractivity contribution in [2.75, 3.05) is 5.73 Å². The SMILES string of the molecule is C=Nc1cc(-n2ncc(C(=O)c3cc4ccc(-c5ccnc(C(F)(F)F)c5)cc4[nH]3)c2N=C)ccc1N. The maximum Gasteiger partial charge on any atom is 0.433 e. The number of carbonyl (C=O) groups excluding carboxylic acids is 1. The van der Waals surface area contributed by atoms with Gasteiger partial charge in [0, 0.05) is 17.1 Å². The number of carbonyl (C=O) groups is 1. The molecule has 5 rings (SSSR count). The number of fused-ring (bicyclic) bond motifs is 1. The second-order valence-electron chi connectivity index (χ2n) is 8.09. The molecule has 0 saturated carbocycles. The van der Waals surface area contributed by atoms with Gasteiger partial charge in [-0.2, -0.15) is 18.3 Å². The molecular weight excluding hydrogens is 483 g/mol. The number of halogens is 3. The molecular formula is C26H18F3N7O. The highest BCUT2D eigenvalue weighted by molar-refractivity contribution is 6.12. The summed E-state index contributed by atoms with van der Waals surface area (Å²) in [6.07, 6.45) is -2.05. The number of hydrogen-bond acceptors (Lipinski definition) is 6. The summed E-state index contributed by atoms with van der Waals surface area (Å²) in [7, 11) is 0. The number of ketones is 1. The van der Waals surface area contributed by atoms with Crippen LogP contribution in [-0.4, -0.2) is 39.0 Å².